The fraction of sp³-hybridized carbons (Fsp3) is 0.667. The van der Waals surface area contributed by atoms with E-state index in [0.29, 0.717) is 12.4 Å². The molecule has 0 aliphatic carbocycles. The number of nitrogens with two attached hydrogens (primary N) is 2. The first kappa shape index (κ1) is 8.94. The lowest BCUT2D eigenvalue weighted by Crippen LogP contribution is -2.14. The molecule has 0 fully saturated rings. The maximum Gasteiger partial charge on any atom is 0.219 e. The number of amides is 1. The number of rotatable bonds is 4. The molecule has 58 valence electrons. The van der Waals surface area contributed by atoms with E-state index in [9.17, 15) is 4.79 Å². The zero-order valence-corrected chi connectivity index (χ0v) is 6.13. The van der Waals surface area contributed by atoms with E-state index < -0.39 is 0 Å². The van der Waals surface area contributed by atoms with E-state index in [1.165, 1.54) is 0 Å². The molecule has 0 aromatic heterocycles. The summed E-state index contributed by atoms with van der Waals surface area (Å²) in [5, 5.41) is 0. The highest BCUT2D eigenvalue weighted by atomic mass is 16.1. The number of hydrogen-bond donors (Lipinski definition) is 2. The Labute approximate surface area is 60.3 Å². The van der Waals surface area contributed by atoms with Crippen LogP contribution in [0.4, 0.5) is 0 Å². The van der Waals surface area contributed by atoms with Crippen molar-refractivity contribution in [3.8, 4) is 0 Å². The molecule has 0 radical (unpaired) electrons. The van der Waals surface area contributed by atoms with Crippen LogP contribution in [-0.4, -0.2) is 18.3 Å². The van der Waals surface area contributed by atoms with E-state index in [4.69, 9.17) is 11.5 Å². The monoisotopic (exact) mass is 143 g/mol. The summed E-state index contributed by atoms with van der Waals surface area (Å²) in [6.07, 6.45) is 0.999. The standard InChI is InChI=1S/C6H13N3O/c1-2-5(7)9-4-3-6(8)10/h2-4H2,1H3,(H2,7,9)(H2,8,10). The summed E-state index contributed by atoms with van der Waals surface area (Å²) in [5.74, 6) is 0.230. The highest BCUT2D eigenvalue weighted by Crippen LogP contribution is 1.81. The Kier molecular flexibility index (Phi) is 4.28. The second kappa shape index (κ2) is 4.78. The molecule has 0 bridgehead atoms. The number of nitrogens with zero attached hydrogens (tertiary/aromatic N) is 1. The second-order valence-corrected chi connectivity index (χ2v) is 1.94. The van der Waals surface area contributed by atoms with E-state index >= 15 is 0 Å². The van der Waals surface area contributed by atoms with Crippen LogP contribution in [0.1, 0.15) is 19.8 Å². The minimum Gasteiger partial charge on any atom is -0.387 e. The van der Waals surface area contributed by atoms with Crippen LogP contribution in [0.15, 0.2) is 4.99 Å². The fourth-order valence-corrected chi connectivity index (χ4v) is 0.422. The molecule has 4 N–H and O–H groups in total. The Bertz CT molecular complexity index is 142. The summed E-state index contributed by atoms with van der Waals surface area (Å²) in [5.41, 5.74) is 10.2. The van der Waals surface area contributed by atoms with Crippen molar-refractivity contribution < 1.29 is 4.79 Å². The van der Waals surface area contributed by atoms with Crippen molar-refractivity contribution in [1.29, 1.82) is 0 Å². The van der Waals surface area contributed by atoms with Crippen molar-refractivity contribution in [2.24, 2.45) is 16.5 Å². The van der Waals surface area contributed by atoms with Crippen molar-refractivity contribution in [2.75, 3.05) is 6.54 Å². The Morgan fingerprint density at radius 2 is 2.10 bits per heavy atom. The third kappa shape index (κ3) is 5.08. The molecule has 0 aliphatic rings. The molecule has 0 atom stereocenters. The first-order valence-electron chi connectivity index (χ1n) is 3.24. The van der Waals surface area contributed by atoms with Crippen molar-refractivity contribution in [3.63, 3.8) is 0 Å². The van der Waals surface area contributed by atoms with Gasteiger partial charge in [-0.05, 0) is 0 Å². The Hall–Kier alpha value is -1.06. The summed E-state index contributed by atoms with van der Waals surface area (Å²) in [7, 11) is 0. The number of amidine groups is 1. The average Bonchev–Trinajstić information content (AvgIpc) is 1.87. The lowest BCUT2D eigenvalue weighted by Gasteiger charge is -1.93. The van der Waals surface area contributed by atoms with Gasteiger partial charge in [-0.2, -0.15) is 0 Å². The molecule has 0 heterocycles. The molecule has 0 rings (SSSR count). The summed E-state index contributed by atoms with van der Waals surface area (Å²) in [4.78, 5) is 14.1. The van der Waals surface area contributed by atoms with Crippen LogP contribution >= 0.6 is 0 Å². The van der Waals surface area contributed by atoms with Crippen molar-refractivity contribution >= 4 is 11.7 Å². The average molecular weight is 143 g/mol. The first-order chi connectivity index (χ1) is 4.66. The Morgan fingerprint density at radius 1 is 1.50 bits per heavy atom. The SMILES string of the molecule is CCC(N)=NCCC(N)=O. The van der Waals surface area contributed by atoms with Crippen LogP contribution in [0.3, 0.4) is 0 Å². The summed E-state index contributed by atoms with van der Waals surface area (Å²) in [6.45, 7) is 2.32. The van der Waals surface area contributed by atoms with Crippen LogP contribution in [0.25, 0.3) is 0 Å². The first-order valence-corrected chi connectivity index (χ1v) is 3.24. The van der Waals surface area contributed by atoms with Gasteiger partial charge in [0.2, 0.25) is 5.91 Å². The van der Waals surface area contributed by atoms with Gasteiger partial charge < -0.3 is 11.5 Å². The predicted molar refractivity (Wildman–Crippen MR) is 40.6 cm³/mol. The van der Waals surface area contributed by atoms with Crippen LogP contribution in [0.5, 0.6) is 0 Å². The molecule has 0 aromatic rings. The van der Waals surface area contributed by atoms with Gasteiger partial charge in [0, 0.05) is 19.4 Å². The number of carbonyl (C=O) groups is 1. The predicted octanol–water partition coefficient (Wildman–Crippen LogP) is -0.371. The quantitative estimate of drug-likeness (QED) is 0.416. The third-order valence-corrected chi connectivity index (χ3v) is 1.04. The zero-order valence-electron chi connectivity index (χ0n) is 6.13. The van der Waals surface area contributed by atoms with Gasteiger partial charge in [0.05, 0.1) is 5.84 Å². The number of primary amides is 1. The van der Waals surface area contributed by atoms with E-state index in [1.807, 2.05) is 6.92 Å². The molecule has 0 aromatic carbocycles. The van der Waals surface area contributed by atoms with Gasteiger partial charge in [0.15, 0.2) is 0 Å². The summed E-state index contributed by atoms with van der Waals surface area (Å²) in [6, 6.07) is 0. The van der Waals surface area contributed by atoms with Gasteiger partial charge >= 0.3 is 0 Å². The topological polar surface area (TPSA) is 81.5 Å². The van der Waals surface area contributed by atoms with Gasteiger partial charge in [0.25, 0.3) is 0 Å². The van der Waals surface area contributed by atoms with Gasteiger partial charge in [-0.3, -0.25) is 9.79 Å². The second-order valence-electron chi connectivity index (χ2n) is 1.94. The van der Waals surface area contributed by atoms with Crippen LogP contribution < -0.4 is 11.5 Å². The van der Waals surface area contributed by atoms with E-state index in [2.05, 4.69) is 4.99 Å². The number of hydrogen-bond acceptors (Lipinski definition) is 2. The molecular formula is C6H13N3O. The van der Waals surface area contributed by atoms with Crippen molar-refractivity contribution in [2.45, 2.75) is 19.8 Å². The zero-order chi connectivity index (χ0) is 7.98. The molecule has 4 heteroatoms. The molecule has 0 spiro atoms. The highest BCUT2D eigenvalue weighted by molar-refractivity contribution is 5.80. The van der Waals surface area contributed by atoms with E-state index in [1.54, 1.807) is 0 Å². The Morgan fingerprint density at radius 3 is 2.50 bits per heavy atom. The highest BCUT2D eigenvalue weighted by Gasteiger charge is 1.91. The maximum atomic E-state index is 10.2. The van der Waals surface area contributed by atoms with Gasteiger partial charge in [0.1, 0.15) is 0 Å². The number of carbonyl (C=O) groups excluding carboxylic acids is 1. The third-order valence-electron chi connectivity index (χ3n) is 1.04. The fourth-order valence-electron chi connectivity index (χ4n) is 0.422. The lowest BCUT2D eigenvalue weighted by atomic mass is 10.4. The van der Waals surface area contributed by atoms with Gasteiger partial charge in [-0.15, -0.1) is 0 Å². The lowest BCUT2D eigenvalue weighted by molar-refractivity contribution is -0.117. The van der Waals surface area contributed by atoms with E-state index in [0.717, 1.165) is 6.42 Å². The largest absolute Gasteiger partial charge is 0.387 e. The molecule has 10 heavy (non-hydrogen) atoms. The molecule has 0 aliphatic heterocycles. The number of aliphatic imine (C=N–C) groups is 1. The van der Waals surface area contributed by atoms with Gasteiger partial charge in [-0.1, -0.05) is 6.92 Å². The van der Waals surface area contributed by atoms with Crippen molar-refractivity contribution in [3.05, 3.63) is 0 Å². The molecular weight excluding hydrogens is 130 g/mol. The molecule has 0 saturated heterocycles. The van der Waals surface area contributed by atoms with Crippen molar-refractivity contribution in [1.82, 2.24) is 0 Å². The van der Waals surface area contributed by atoms with Crippen LogP contribution in [-0.2, 0) is 4.79 Å². The summed E-state index contributed by atoms with van der Waals surface area (Å²) < 4.78 is 0. The van der Waals surface area contributed by atoms with Crippen LogP contribution in [0, 0.1) is 0 Å². The van der Waals surface area contributed by atoms with E-state index in [-0.39, 0.29) is 12.3 Å². The summed E-state index contributed by atoms with van der Waals surface area (Å²) >= 11 is 0. The normalized spacial score (nSPS) is 11.5. The molecule has 0 saturated carbocycles. The Balaban J connectivity index is 3.43. The van der Waals surface area contributed by atoms with Crippen LogP contribution in [0.2, 0.25) is 0 Å². The molecule has 1 amide bonds. The minimum absolute atomic E-state index is 0.278. The maximum absolute atomic E-state index is 10.2. The minimum atomic E-state index is -0.340. The molecule has 0 unspecified atom stereocenters. The van der Waals surface area contributed by atoms with Gasteiger partial charge in [-0.25, -0.2) is 0 Å². The molecule has 4 nitrogen and oxygen atoms in total. The smallest absolute Gasteiger partial charge is 0.219 e.